The lowest BCUT2D eigenvalue weighted by molar-refractivity contribution is 0.630. The molecule has 4 aromatic rings. The maximum atomic E-state index is 4.97. The Balaban J connectivity index is 1.90. The van der Waals surface area contributed by atoms with Crippen LogP contribution in [0.3, 0.4) is 0 Å². The topological polar surface area (TPSA) is 49.8 Å². The molecule has 4 nitrogen and oxygen atoms in total. The average molecular weight is 399 g/mol. The zero-order valence-electron chi connectivity index (χ0n) is 18.7. The van der Waals surface area contributed by atoms with Crippen molar-refractivity contribution in [1.29, 1.82) is 0 Å². The molecule has 4 rings (SSSR count). The van der Waals surface area contributed by atoms with Crippen LogP contribution >= 0.6 is 0 Å². The summed E-state index contributed by atoms with van der Waals surface area (Å²) >= 11 is 0. The van der Waals surface area contributed by atoms with Gasteiger partial charge in [-0.25, -0.2) is 9.97 Å². The number of nitrogens with zero attached hydrogens (tertiary/aromatic N) is 2. The Kier molecular flexibility index (Phi) is 4.89. The van der Waals surface area contributed by atoms with Crippen molar-refractivity contribution in [3.05, 3.63) is 60.7 Å². The molecule has 0 atom stereocenters. The van der Waals surface area contributed by atoms with E-state index in [2.05, 4.69) is 101 Å². The highest BCUT2D eigenvalue weighted by atomic mass is 15.0. The lowest BCUT2D eigenvalue weighted by Crippen LogP contribution is -2.26. The van der Waals surface area contributed by atoms with Crippen LogP contribution < -0.4 is 10.6 Å². The largest absolute Gasteiger partial charge is 0.365 e. The number of fused-ring (bicyclic) bond motifs is 2. The normalized spacial score (nSPS) is 12.3. The van der Waals surface area contributed by atoms with Gasteiger partial charge < -0.3 is 10.6 Å². The lowest BCUT2D eigenvalue weighted by atomic mass is 9.99. The molecule has 0 amide bonds. The number of hydrogen-bond donors (Lipinski definition) is 2. The SMILES string of the molecule is CC(C)(C)Nc1ccc2cccc(-c3cccc4ccc(NC(C)(C)C)nc34)c2n1. The second-order valence-corrected chi connectivity index (χ2v) is 9.90. The first kappa shape index (κ1) is 20.1. The molecular formula is C26H30N4. The van der Waals surface area contributed by atoms with Gasteiger partial charge in [0.25, 0.3) is 0 Å². The average Bonchev–Trinajstić information content (AvgIpc) is 2.64. The first-order valence-corrected chi connectivity index (χ1v) is 10.5. The second kappa shape index (κ2) is 7.28. The lowest BCUT2D eigenvalue weighted by Gasteiger charge is -2.22. The molecule has 0 aliphatic carbocycles. The van der Waals surface area contributed by atoms with Gasteiger partial charge in [-0.2, -0.15) is 0 Å². The van der Waals surface area contributed by atoms with Crippen LogP contribution in [-0.4, -0.2) is 21.0 Å². The first-order valence-electron chi connectivity index (χ1n) is 10.5. The molecule has 0 aliphatic rings. The van der Waals surface area contributed by atoms with Crippen molar-refractivity contribution >= 4 is 33.4 Å². The third-order valence-electron chi connectivity index (χ3n) is 4.74. The summed E-state index contributed by atoms with van der Waals surface area (Å²) < 4.78 is 0. The van der Waals surface area contributed by atoms with E-state index >= 15 is 0 Å². The van der Waals surface area contributed by atoms with Crippen molar-refractivity contribution in [2.24, 2.45) is 0 Å². The molecule has 0 aliphatic heterocycles. The quantitative estimate of drug-likeness (QED) is 0.395. The van der Waals surface area contributed by atoms with Gasteiger partial charge in [-0.15, -0.1) is 0 Å². The molecule has 4 heteroatoms. The molecular weight excluding hydrogens is 368 g/mol. The maximum absolute atomic E-state index is 4.97. The van der Waals surface area contributed by atoms with Gasteiger partial charge in [0.2, 0.25) is 0 Å². The van der Waals surface area contributed by atoms with Crippen LogP contribution in [-0.2, 0) is 0 Å². The van der Waals surface area contributed by atoms with E-state index in [1.807, 2.05) is 12.1 Å². The summed E-state index contributed by atoms with van der Waals surface area (Å²) in [4.78, 5) is 9.94. The van der Waals surface area contributed by atoms with Gasteiger partial charge in [0.15, 0.2) is 0 Å². The number of aromatic nitrogens is 2. The number of anilines is 2. The monoisotopic (exact) mass is 398 g/mol. The highest BCUT2D eigenvalue weighted by molar-refractivity contribution is 6.03. The molecule has 0 spiro atoms. The smallest absolute Gasteiger partial charge is 0.127 e. The molecule has 0 unspecified atom stereocenters. The van der Waals surface area contributed by atoms with Crippen molar-refractivity contribution in [3.8, 4) is 11.1 Å². The van der Waals surface area contributed by atoms with E-state index in [0.717, 1.165) is 44.6 Å². The Bertz CT molecular complexity index is 1120. The second-order valence-electron chi connectivity index (χ2n) is 9.90. The van der Waals surface area contributed by atoms with E-state index in [4.69, 9.17) is 9.97 Å². The molecule has 2 N–H and O–H groups in total. The fourth-order valence-electron chi connectivity index (χ4n) is 3.64. The fourth-order valence-corrected chi connectivity index (χ4v) is 3.64. The van der Waals surface area contributed by atoms with E-state index in [-0.39, 0.29) is 11.1 Å². The number of benzene rings is 2. The molecule has 2 aromatic carbocycles. The van der Waals surface area contributed by atoms with Crippen LogP contribution in [0.1, 0.15) is 41.5 Å². The zero-order chi connectivity index (χ0) is 21.5. The van der Waals surface area contributed by atoms with Gasteiger partial charge >= 0.3 is 0 Å². The molecule has 30 heavy (non-hydrogen) atoms. The number of para-hydroxylation sites is 2. The Morgan fingerprint density at radius 3 is 1.30 bits per heavy atom. The van der Waals surface area contributed by atoms with Crippen molar-refractivity contribution in [2.45, 2.75) is 52.6 Å². The van der Waals surface area contributed by atoms with Crippen LogP contribution in [0.5, 0.6) is 0 Å². The predicted octanol–water partition coefficient (Wildman–Crippen LogP) is 6.87. The molecule has 0 bridgehead atoms. The first-order chi connectivity index (χ1) is 14.1. The summed E-state index contributed by atoms with van der Waals surface area (Å²) in [5.74, 6) is 1.76. The molecule has 0 saturated carbocycles. The summed E-state index contributed by atoms with van der Waals surface area (Å²) in [6.07, 6.45) is 0. The molecule has 2 aromatic heterocycles. The van der Waals surface area contributed by atoms with Gasteiger partial charge in [0, 0.05) is 33.0 Å². The maximum Gasteiger partial charge on any atom is 0.127 e. The van der Waals surface area contributed by atoms with Crippen molar-refractivity contribution in [1.82, 2.24) is 9.97 Å². The fraction of sp³-hybridized carbons (Fsp3) is 0.308. The minimum Gasteiger partial charge on any atom is -0.365 e. The van der Waals surface area contributed by atoms with Gasteiger partial charge in [-0.05, 0) is 65.8 Å². The third kappa shape index (κ3) is 4.38. The van der Waals surface area contributed by atoms with Gasteiger partial charge in [0.1, 0.15) is 11.6 Å². The summed E-state index contributed by atoms with van der Waals surface area (Å²) in [5.41, 5.74) is 4.05. The van der Waals surface area contributed by atoms with E-state index in [1.165, 1.54) is 0 Å². The highest BCUT2D eigenvalue weighted by Gasteiger charge is 2.15. The zero-order valence-corrected chi connectivity index (χ0v) is 18.7. The number of pyridine rings is 2. The number of nitrogens with one attached hydrogen (secondary N) is 2. The molecule has 0 saturated heterocycles. The summed E-state index contributed by atoms with van der Waals surface area (Å²) in [6, 6.07) is 21.0. The van der Waals surface area contributed by atoms with Crippen LogP contribution in [0.25, 0.3) is 32.9 Å². The van der Waals surface area contributed by atoms with Crippen molar-refractivity contribution in [2.75, 3.05) is 10.6 Å². The Morgan fingerprint density at radius 1 is 0.533 bits per heavy atom. The standard InChI is InChI=1S/C26H30N4/c1-25(2,3)29-21-15-13-17-9-7-11-19(23(17)27-21)20-12-8-10-18-14-16-22(28-24(18)20)30-26(4,5)6/h7-16H,1-6H3,(H,27,29)(H,28,30). The van der Waals surface area contributed by atoms with Gasteiger partial charge in [-0.1, -0.05) is 36.4 Å². The summed E-state index contributed by atoms with van der Waals surface area (Å²) in [6.45, 7) is 12.9. The van der Waals surface area contributed by atoms with E-state index < -0.39 is 0 Å². The molecule has 154 valence electrons. The summed E-state index contributed by atoms with van der Waals surface area (Å²) in [7, 11) is 0. The van der Waals surface area contributed by atoms with Crippen LogP contribution in [0.4, 0.5) is 11.6 Å². The minimum atomic E-state index is -0.0514. The predicted molar refractivity (Wildman–Crippen MR) is 129 cm³/mol. The molecule has 2 heterocycles. The Morgan fingerprint density at radius 2 is 0.933 bits per heavy atom. The molecule has 0 fully saturated rings. The van der Waals surface area contributed by atoms with E-state index in [9.17, 15) is 0 Å². The van der Waals surface area contributed by atoms with Crippen molar-refractivity contribution in [3.63, 3.8) is 0 Å². The van der Waals surface area contributed by atoms with E-state index in [0.29, 0.717) is 0 Å². The van der Waals surface area contributed by atoms with Crippen molar-refractivity contribution < 1.29 is 0 Å². The summed E-state index contributed by atoms with van der Waals surface area (Å²) in [5, 5.41) is 9.21. The van der Waals surface area contributed by atoms with Crippen LogP contribution in [0.15, 0.2) is 60.7 Å². The third-order valence-corrected chi connectivity index (χ3v) is 4.74. The number of rotatable bonds is 3. The minimum absolute atomic E-state index is 0.0514. The highest BCUT2D eigenvalue weighted by Crippen LogP contribution is 2.34. The Hall–Kier alpha value is -3.14. The van der Waals surface area contributed by atoms with Gasteiger partial charge in [0.05, 0.1) is 11.0 Å². The van der Waals surface area contributed by atoms with E-state index in [1.54, 1.807) is 0 Å². The van der Waals surface area contributed by atoms with Gasteiger partial charge in [-0.3, -0.25) is 0 Å². The molecule has 0 radical (unpaired) electrons. The Labute approximate surface area is 178 Å². The van der Waals surface area contributed by atoms with Crippen LogP contribution in [0, 0.1) is 0 Å². The van der Waals surface area contributed by atoms with Crippen LogP contribution in [0.2, 0.25) is 0 Å². The number of hydrogen-bond acceptors (Lipinski definition) is 4.